The Balaban J connectivity index is 2.30. The molecule has 3 N–H and O–H groups in total. The zero-order valence-corrected chi connectivity index (χ0v) is 6.10. The third kappa shape index (κ3) is 2.61. The van der Waals surface area contributed by atoms with E-state index >= 15 is 0 Å². The predicted molar refractivity (Wildman–Crippen MR) is 33.9 cm³/mol. The highest BCUT2D eigenvalue weighted by Crippen LogP contribution is 2.23. The van der Waals surface area contributed by atoms with E-state index in [0.29, 0.717) is 6.61 Å². The van der Waals surface area contributed by atoms with Crippen molar-refractivity contribution in [2.75, 3.05) is 12.4 Å². The van der Waals surface area contributed by atoms with Crippen LogP contribution >= 0.6 is 0 Å². The van der Waals surface area contributed by atoms with Crippen molar-refractivity contribution in [3.05, 3.63) is 0 Å². The van der Waals surface area contributed by atoms with Crippen LogP contribution in [0.5, 0.6) is 0 Å². The SMILES string of the molecule is NC1(CCS(=O)(=O)O)CO1. The fraction of sp³-hybridized carbons (Fsp3) is 1.00. The highest BCUT2D eigenvalue weighted by molar-refractivity contribution is 7.85. The molecule has 1 saturated heterocycles. The summed E-state index contributed by atoms with van der Waals surface area (Å²) in [6.45, 7) is 0.377. The number of rotatable bonds is 3. The Kier molecular flexibility index (Phi) is 1.71. The second-order valence-corrected chi connectivity index (χ2v) is 3.96. The van der Waals surface area contributed by atoms with Crippen LogP contribution in [0.15, 0.2) is 0 Å². The first kappa shape index (κ1) is 7.93. The van der Waals surface area contributed by atoms with Crippen molar-refractivity contribution in [1.29, 1.82) is 0 Å². The van der Waals surface area contributed by atoms with Gasteiger partial charge in [-0.2, -0.15) is 8.42 Å². The van der Waals surface area contributed by atoms with Gasteiger partial charge in [-0.15, -0.1) is 0 Å². The van der Waals surface area contributed by atoms with E-state index in [-0.39, 0.29) is 12.2 Å². The summed E-state index contributed by atoms with van der Waals surface area (Å²) in [6, 6.07) is 0. The van der Waals surface area contributed by atoms with E-state index in [1.165, 1.54) is 0 Å². The molecule has 1 aliphatic rings. The third-order valence-electron chi connectivity index (χ3n) is 1.30. The van der Waals surface area contributed by atoms with Crippen molar-refractivity contribution in [3.8, 4) is 0 Å². The van der Waals surface area contributed by atoms with E-state index in [2.05, 4.69) is 0 Å². The normalized spacial score (nSPS) is 32.2. The van der Waals surface area contributed by atoms with Crippen LogP contribution in [0.3, 0.4) is 0 Å². The maximum atomic E-state index is 10.2. The van der Waals surface area contributed by atoms with E-state index in [1.54, 1.807) is 0 Å². The lowest BCUT2D eigenvalue weighted by atomic mass is 10.3. The van der Waals surface area contributed by atoms with E-state index in [4.69, 9.17) is 15.0 Å². The predicted octanol–water partition coefficient (Wildman–Crippen LogP) is -1.05. The molecular formula is C4H9NO4S. The van der Waals surface area contributed by atoms with Crippen molar-refractivity contribution in [3.63, 3.8) is 0 Å². The van der Waals surface area contributed by atoms with Gasteiger partial charge in [0.15, 0.2) is 0 Å². The van der Waals surface area contributed by atoms with Gasteiger partial charge in [-0.1, -0.05) is 0 Å². The highest BCUT2D eigenvalue weighted by Gasteiger charge is 2.40. The van der Waals surface area contributed by atoms with Gasteiger partial charge >= 0.3 is 0 Å². The van der Waals surface area contributed by atoms with Gasteiger partial charge < -0.3 is 10.5 Å². The second-order valence-electron chi connectivity index (χ2n) is 2.39. The molecule has 10 heavy (non-hydrogen) atoms. The first-order valence-corrected chi connectivity index (χ1v) is 4.40. The van der Waals surface area contributed by atoms with Gasteiger partial charge in [0.2, 0.25) is 0 Å². The van der Waals surface area contributed by atoms with Crippen LogP contribution in [-0.4, -0.2) is 31.1 Å². The van der Waals surface area contributed by atoms with Crippen LogP contribution in [0, 0.1) is 0 Å². The molecule has 0 spiro atoms. The van der Waals surface area contributed by atoms with E-state index in [0.717, 1.165) is 0 Å². The molecule has 0 aromatic rings. The van der Waals surface area contributed by atoms with Gasteiger partial charge in [-0.05, 0) is 0 Å². The Hall–Kier alpha value is -0.170. The van der Waals surface area contributed by atoms with Gasteiger partial charge in [-0.25, -0.2) is 0 Å². The number of ether oxygens (including phenoxy) is 1. The molecule has 0 saturated carbocycles. The summed E-state index contributed by atoms with van der Waals surface area (Å²) in [7, 11) is -3.88. The fourth-order valence-electron chi connectivity index (χ4n) is 0.539. The summed E-state index contributed by atoms with van der Waals surface area (Å²) < 4.78 is 33.3. The van der Waals surface area contributed by atoms with E-state index < -0.39 is 15.8 Å². The molecule has 0 radical (unpaired) electrons. The molecule has 0 aliphatic carbocycles. The van der Waals surface area contributed by atoms with Crippen molar-refractivity contribution in [2.24, 2.45) is 5.73 Å². The molecule has 1 atom stereocenters. The topological polar surface area (TPSA) is 92.9 Å². The van der Waals surface area contributed by atoms with Crippen LogP contribution in [0.1, 0.15) is 6.42 Å². The van der Waals surface area contributed by atoms with Gasteiger partial charge in [0, 0.05) is 6.42 Å². The fourth-order valence-corrected chi connectivity index (χ4v) is 1.14. The summed E-state index contributed by atoms with van der Waals surface area (Å²) in [4.78, 5) is 0. The lowest BCUT2D eigenvalue weighted by Crippen LogP contribution is -2.27. The third-order valence-corrected chi connectivity index (χ3v) is 2.02. The Morgan fingerprint density at radius 1 is 1.70 bits per heavy atom. The minimum absolute atomic E-state index is 0.159. The lowest BCUT2D eigenvalue weighted by Gasteiger charge is -2.00. The second kappa shape index (κ2) is 2.16. The number of hydrogen-bond donors (Lipinski definition) is 2. The van der Waals surface area contributed by atoms with Crippen LogP contribution < -0.4 is 5.73 Å². The van der Waals surface area contributed by atoms with Crippen molar-refractivity contribution in [2.45, 2.75) is 12.1 Å². The first-order chi connectivity index (χ1) is 4.41. The zero-order chi connectivity index (χ0) is 7.83. The molecule has 0 amide bonds. The quantitative estimate of drug-likeness (QED) is 0.413. The molecule has 0 aromatic carbocycles. The van der Waals surface area contributed by atoms with Crippen LogP contribution in [0.4, 0.5) is 0 Å². The maximum Gasteiger partial charge on any atom is 0.265 e. The monoisotopic (exact) mass is 167 g/mol. The number of epoxide rings is 1. The van der Waals surface area contributed by atoms with Crippen molar-refractivity contribution in [1.82, 2.24) is 0 Å². The summed E-state index contributed by atoms with van der Waals surface area (Å²) in [5.74, 6) is -0.330. The summed E-state index contributed by atoms with van der Waals surface area (Å²) >= 11 is 0. The molecule has 1 fully saturated rings. The molecule has 0 aromatic heterocycles. The zero-order valence-electron chi connectivity index (χ0n) is 5.28. The molecule has 1 rings (SSSR count). The first-order valence-electron chi connectivity index (χ1n) is 2.79. The van der Waals surface area contributed by atoms with Gasteiger partial charge in [0.25, 0.3) is 10.1 Å². The molecular weight excluding hydrogens is 158 g/mol. The van der Waals surface area contributed by atoms with E-state index in [9.17, 15) is 8.42 Å². The summed E-state index contributed by atoms with van der Waals surface area (Å²) in [5, 5.41) is 0. The molecule has 6 heteroatoms. The average Bonchev–Trinajstić information content (AvgIpc) is 2.43. The smallest absolute Gasteiger partial charge is 0.265 e. The Labute approximate surface area is 58.9 Å². The average molecular weight is 167 g/mol. The largest absolute Gasteiger partial charge is 0.354 e. The van der Waals surface area contributed by atoms with Gasteiger partial charge in [0.05, 0.1) is 12.4 Å². The lowest BCUT2D eigenvalue weighted by molar-refractivity contribution is 0.302. The molecule has 1 aliphatic heterocycles. The van der Waals surface area contributed by atoms with Crippen LogP contribution in [0.2, 0.25) is 0 Å². The Morgan fingerprint density at radius 3 is 2.50 bits per heavy atom. The molecule has 1 heterocycles. The number of nitrogens with two attached hydrogens (primary N) is 1. The summed E-state index contributed by atoms with van der Waals surface area (Å²) in [5.41, 5.74) is 4.57. The minimum atomic E-state index is -3.88. The van der Waals surface area contributed by atoms with Gasteiger partial charge in [0.1, 0.15) is 5.72 Å². The maximum absolute atomic E-state index is 10.2. The van der Waals surface area contributed by atoms with Gasteiger partial charge in [-0.3, -0.25) is 4.55 Å². The number of hydrogen-bond acceptors (Lipinski definition) is 4. The molecule has 1 unspecified atom stereocenters. The Bertz CT molecular complexity index is 217. The van der Waals surface area contributed by atoms with Crippen molar-refractivity contribution >= 4 is 10.1 Å². The van der Waals surface area contributed by atoms with E-state index in [1.807, 2.05) is 0 Å². The molecule has 0 bridgehead atoms. The molecule has 5 nitrogen and oxygen atoms in total. The van der Waals surface area contributed by atoms with Crippen molar-refractivity contribution < 1.29 is 17.7 Å². The minimum Gasteiger partial charge on any atom is -0.354 e. The highest BCUT2D eigenvalue weighted by atomic mass is 32.2. The van der Waals surface area contributed by atoms with Crippen LogP contribution in [-0.2, 0) is 14.9 Å². The standard InChI is InChI=1S/C4H9NO4S/c5-4(3-9-4)1-2-10(6,7)8/h1-3,5H2,(H,6,7,8). The molecule has 60 valence electrons. The Morgan fingerprint density at radius 2 is 2.20 bits per heavy atom. The van der Waals surface area contributed by atoms with Crippen LogP contribution in [0.25, 0.3) is 0 Å². The summed E-state index contributed by atoms with van der Waals surface area (Å²) in [6.07, 6.45) is 0.159.